The molecular formula is C28H48ClN3. The van der Waals surface area contributed by atoms with E-state index in [0.29, 0.717) is 5.41 Å². The topological polar surface area (TPSA) is 9.72 Å². The molecule has 32 heavy (non-hydrogen) atoms. The average molecular weight is 462 g/mol. The second kappa shape index (κ2) is 12.0. The Morgan fingerprint density at radius 2 is 1.47 bits per heavy atom. The van der Waals surface area contributed by atoms with Crippen molar-refractivity contribution in [1.82, 2.24) is 4.90 Å². The smallest absolute Gasteiger partial charge is 0.0404 e. The van der Waals surface area contributed by atoms with Crippen molar-refractivity contribution in [1.29, 1.82) is 0 Å². The van der Waals surface area contributed by atoms with Crippen molar-refractivity contribution in [3.63, 3.8) is 0 Å². The summed E-state index contributed by atoms with van der Waals surface area (Å²) < 4.78 is 0. The molecule has 3 fully saturated rings. The maximum atomic E-state index is 2.71. The van der Waals surface area contributed by atoms with Gasteiger partial charge in [0.15, 0.2) is 0 Å². The predicted octanol–water partition coefficient (Wildman–Crippen LogP) is 7.09. The summed E-state index contributed by atoms with van der Waals surface area (Å²) in [4.78, 5) is 8.01. The van der Waals surface area contributed by atoms with Crippen molar-refractivity contribution in [2.24, 2.45) is 5.41 Å². The van der Waals surface area contributed by atoms with Crippen LogP contribution in [0.3, 0.4) is 0 Å². The summed E-state index contributed by atoms with van der Waals surface area (Å²) in [5, 5.41) is 0. The Balaban J connectivity index is 0.00000289. The van der Waals surface area contributed by atoms with Crippen LogP contribution in [0.4, 0.5) is 11.4 Å². The molecule has 0 N–H and O–H groups in total. The van der Waals surface area contributed by atoms with Gasteiger partial charge in [-0.25, -0.2) is 0 Å². The highest BCUT2D eigenvalue weighted by atomic mass is 35.5. The van der Waals surface area contributed by atoms with Gasteiger partial charge in [0.1, 0.15) is 0 Å². The Bertz CT molecular complexity index is 678. The van der Waals surface area contributed by atoms with E-state index in [4.69, 9.17) is 0 Å². The first-order valence-electron chi connectivity index (χ1n) is 13.5. The van der Waals surface area contributed by atoms with Gasteiger partial charge in [-0.1, -0.05) is 33.6 Å². The molecule has 0 unspecified atom stereocenters. The van der Waals surface area contributed by atoms with Crippen LogP contribution < -0.4 is 9.80 Å². The summed E-state index contributed by atoms with van der Waals surface area (Å²) in [7, 11) is 0. The lowest BCUT2D eigenvalue weighted by atomic mass is 9.66. The molecule has 2 heterocycles. The highest BCUT2D eigenvalue weighted by molar-refractivity contribution is 5.85. The molecule has 4 rings (SSSR count). The normalized spacial score (nSPS) is 22.6. The fourth-order valence-corrected chi connectivity index (χ4v) is 6.53. The summed E-state index contributed by atoms with van der Waals surface area (Å²) in [6.45, 7) is 15.7. The first kappa shape index (κ1) is 25.7. The van der Waals surface area contributed by atoms with Gasteiger partial charge in [-0.05, 0) is 93.0 Å². The van der Waals surface area contributed by atoms with Crippen molar-refractivity contribution in [3.8, 4) is 0 Å². The summed E-state index contributed by atoms with van der Waals surface area (Å²) in [5.41, 5.74) is 5.34. The van der Waals surface area contributed by atoms with Crippen LogP contribution in [0.2, 0.25) is 0 Å². The van der Waals surface area contributed by atoms with Crippen molar-refractivity contribution >= 4 is 23.8 Å². The molecule has 0 bridgehead atoms. The maximum absolute atomic E-state index is 2.71. The zero-order valence-electron chi connectivity index (χ0n) is 21.1. The molecule has 1 aromatic carbocycles. The SMILES string of the molecule is CCCN1CCN(c2ccc(N3CCCCC3)cc2C2CCC(CC)(CC)CC2)CC1.Cl. The van der Waals surface area contributed by atoms with Crippen LogP contribution in [0.5, 0.6) is 0 Å². The van der Waals surface area contributed by atoms with E-state index in [0.717, 1.165) is 5.92 Å². The zero-order valence-corrected chi connectivity index (χ0v) is 21.9. The summed E-state index contributed by atoms with van der Waals surface area (Å²) in [6, 6.07) is 7.55. The third-order valence-electron chi connectivity index (χ3n) is 8.97. The van der Waals surface area contributed by atoms with Gasteiger partial charge < -0.3 is 9.80 Å². The minimum absolute atomic E-state index is 0. The van der Waals surface area contributed by atoms with E-state index in [1.54, 1.807) is 11.3 Å². The van der Waals surface area contributed by atoms with E-state index in [9.17, 15) is 0 Å². The molecule has 0 radical (unpaired) electrons. The van der Waals surface area contributed by atoms with E-state index in [2.05, 4.69) is 53.7 Å². The number of piperazine rings is 1. The molecule has 1 saturated carbocycles. The number of benzene rings is 1. The number of halogens is 1. The Kier molecular flexibility index (Phi) is 9.61. The lowest BCUT2D eigenvalue weighted by molar-refractivity contribution is 0.159. The van der Waals surface area contributed by atoms with Crippen LogP contribution in [0, 0.1) is 5.41 Å². The zero-order chi connectivity index (χ0) is 21.7. The molecule has 0 spiro atoms. The number of rotatable bonds is 7. The van der Waals surface area contributed by atoms with Gasteiger partial charge in [0.25, 0.3) is 0 Å². The van der Waals surface area contributed by atoms with Crippen molar-refractivity contribution in [3.05, 3.63) is 23.8 Å². The van der Waals surface area contributed by atoms with E-state index in [1.165, 1.54) is 116 Å². The highest BCUT2D eigenvalue weighted by Gasteiger charge is 2.34. The molecule has 0 aromatic heterocycles. The van der Waals surface area contributed by atoms with Crippen LogP contribution in [0.15, 0.2) is 18.2 Å². The van der Waals surface area contributed by atoms with E-state index < -0.39 is 0 Å². The Morgan fingerprint density at radius 1 is 0.812 bits per heavy atom. The molecule has 3 aliphatic rings. The van der Waals surface area contributed by atoms with Crippen LogP contribution in [-0.4, -0.2) is 50.7 Å². The second-order valence-electron chi connectivity index (χ2n) is 10.6. The molecule has 0 atom stereocenters. The Labute approximate surface area is 204 Å². The fourth-order valence-electron chi connectivity index (χ4n) is 6.53. The van der Waals surface area contributed by atoms with Crippen LogP contribution in [0.1, 0.15) is 96.5 Å². The molecule has 2 aliphatic heterocycles. The minimum Gasteiger partial charge on any atom is -0.372 e. The van der Waals surface area contributed by atoms with Gasteiger partial charge in [0.05, 0.1) is 0 Å². The monoisotopic (exact) mass is 461 g/mol. The van der Waals surface area contributed by atoms with Crippen molar-refractivity contribution in [2.75, 3.05) is 55.6 Å². The number of hydrogen-bond acceptors (Lipinski definition) is 3. The molecule has 1 aromatic rings. The minimum atomic E-state index is 0. The van der Waals surface area contributed by atoms with Gasteiger partial charge in [-0.15, -0.1) is 12.4 Å². The van der Waals surface area contributed by atoms with Crippen molar-refractivity contribution in [2.45, 2.75) is 90.9 Å². The van der Waals surface area contributed by atoms with Crippen LogP contribution in [-0.2, 0) is 0 Å². The molecule has 182 valence electrons. The Hall–Kier alpha value is -0.930. The van der Waals surface area contributed by atoms with E-state index in [-0.39, 0.29) is 12.4 Å². The van der Waals surface area contributed by atoms with Crippen LogP contribution in [0.25, 0.3) is 0 Å². The van der Waals surface area contributed by atoms with Gasteiger partial charge in [-0.3, -0.25) is 4.90 Å². The first-order chi connectivity index (χ1) is 15.2. The molecule has 0 amide bonds. The quantitative estimate of drug-likeness (QED) is 0.428. The predicted molar refractivity (Wildman–Crippen MR) is 143 cm³/mol. The van der Waals surface area contributed by atoms with Gasteiger partial charge in [0.2, 0.25) is 0 Å². The maximum Gasteiger partial charge on any atom is 0.0404 e. The van der Waals surface area contributed by atoms with E-state index in [1.807, 2.05) is 0 Å². The number of piperidine rings is 1. The lowest BCUT2D eigenvalue weighted by Gasteiger charge is -2.42. The number of nitrogens with zero attached hydrogens (tertiary/aromatic N) is 3. The third-order valence-corrected chi connectivity index (χ3v) is 8.97. The average Bonchev–Trinajstić information content (AvgIpc) is 2.85. The number of anilines is 2. The summed E-state index contributed by atoms with van der Waals surface area (Å²) in [5.74, 6) is 0.750. The third kappa shape index (κ3) is 5.76. The standard InChI is InChI=1S/C28H47N3.ClH/c1-4-16-29-19-21-31(22-20-29)27-11-10-25(30-17-8-7-9-18-30)23-26(27)24-12-14-28(5-2,6-3)15-13-24;/h10-11,23-24H,4-9,12-22H2,1-3H3;1H. The molecular weight excluding hydrogens is 414 g/mol. The molecule has 1 aliphatic carbocycles. The summed E-state index contributed by atoms with van der Waals surface area (Å²) >= 11 is 0. The molecule has 4 heteroatoms. The van der Waals surface area contributed by atoms with Gasteiger partial charge >= 0.3 is 0 Å². The van der Waals surface area contributed by atoms with Gasteiger partial charge in [0, 0.05) is 50.6 Å². The van der Waals surface area contributed by atoms with Gasteiger partial charge in [-0.2, -0.15) is 0 Å². The second-order valence-corrected chi connectivity index (χ2v) is 10.6. The first-order valence-corrected chi connectivity index (χ1v) is 13.5. The van der Waals surface area contributed by atoms with Crippen molar-refractivity contribution < 1.29 is 0 Å². The fraction of sp³-hybridized carbons (Fsp3) is 0.786. The van der Waals surface area contributed by atoms with Crippen LogP contribution >= 0.6 is 12.4 Å². The summed E-state index contributed by atoms with van der Waals surface area (Å²) in [6.07, 6.45) is 13.7. The largest absolute Gasteiger partial charge is 0.372 e. The number of hydrogen-bond donors (Lipinski definition) is 0. The Morgan fingerprint density at radius 3 is 2.06 bits per heavy atom. The lowest BCUT2D eigenvalue weighted by Crippen LogP contribution is -2.47. The highest BCUT2D eigenvalue weighted by Crippen LogP contribution is 2.49. The molecule has 3 nitrogen and oxygen atoms in total. The molecule has 2 saturated heterocycles. The van der Waals surface area contributed by atoms with E-state index >= 15 is 0 Å².